The molecule has 0 spiro atoms. The molecular weight excluding hydrogens is 374 g/mol. The smallest absolute Gasteiger partial charge is 0.337 e. The average Bonchev–Trinajstić information content (AvgIpc) is 3.13. The summed E-state index contributed by atoms with van der Waals surface area (Å²) in [5, 5.41) is 7.43. The van der Waals surface area contributed by atoms with Crippen LogP contribution in [0.2, 0.25) is 0 Å². The molecule has 1 aromatic carbocycles. The van der Waals surface area contributed by atoms with Gasteiger partial charge in [-0.25, -0.2) is 14.5 Å². The number of hydrogen-bond acceptors (Lipinski definition) is 6. The summed E-state index contributed by atoms with van der Waals surface area (Å²) in [6.07, 6.45) is 3.04. The van der Waals surface area contributed by atoms with E-state index < -0.39 is 5.97 Å². The van der Waals surface area contributed by atoms with Crippen LogP contribution in [0.5, 0.6) is 0 Å². The van der Waals surface area contributed by atoms with E-state index in [0.29, 0.717) is 22.3 Å². The lowest BCUT2D eigenvalue weighted by atomic mass is 10.1. The predicted octanol–water partition coefficient (Wildman–Crippen LogP) is 2.16. The topological polar surface area (TPSA) is 108 Å². The summed E-state index contributed by atoms with van der Waals surface area (Å²) < 4.78 is 7.74. The van der Waals surface area contributed by atoms with Crippen molar-refractivity contribution in [3.05, 3.63) is 52.7 Å². The number of hydrogen-bond donors (Lipinski definition) is 1. The second kappa shape index (κ2) is 7.86. The lowest BCUT2D eigenvalue weighted by Crippen LogP contribution is -2.26. The van der Waals surface area contributed by atoms with Crippen molar-refractivity contribution < 1.29 is 14.3 Å². The Morgan fingerprint density at radius 2 is 1.86 bits per heavy atom. The van der Waals surface area contributed by atoms with E-state index in [1.165, 1.54) is 24.2 Å². The minimum absolute atomic E-state index is 0.0965. The van der Waals surface area contributed by atoms with Gasteiger partial charge < -0.3 is 10.1 Å². The maximum atomic E-state index is 12.7. The zero-order valence-corrected chi connectivity index (χ0v) is 16.8. The number of methoxy groups -OCH3 is 1. The normalized spacial score (nSPS) is 11.4. The number of carbonyl (C=O) groups excluding carboxylic acids is 2. The molecule has 0 radical (unpaired) electrons. The van der Waals surface area contributed by atoms with E-state index >= 15 is 0 Å². The molecule has 2 heterocycles. The number of esters is 1. The minimum Gasteiger partial charge on any atom is -0.465 e. The molecule has 2 aromatic heterocycles. The molecule has 0 aliphatic rings. The molecule has 9 heteroatoms. The third-order valence-electron chi connectivity index (χ3n) is 4.36. The molecule has 1 N–H and O–H groups in total. The highest BCUT2D eigenvalue weighted by Crippen LogP contribution is 2.17. The predicted molar refractivity (Wildman–Crippen MR) is 108 cm³/mol. The van der Waals surface area contributed by atoms with Gasteiger partial charge in [0.1, 0.15) is 5.39 Å². The average molecular weight is 397 g/mol. The van der Waals surface area contributed by atoms with Gasteiger partial charge in [0.05, 0.1) is 30.7 Å². The van der Waals surface area contributed by atoms with Crippen molar-refractivity contribution in [1.82, 2.24) is 19.3 Å². The third kappa shape index (κ3) is 4.34. The number of anilines is 1. The van der Waals surface area contributed by atoms with Crippen LogP contribution in [0.4, 0.5) is 5.69 Å². The fourth-order valence-corrected chi connectivity index (χ4v) is 2.85. The van der Waals surface area contributed by atoms with Crippen molar-refractivity contribution in [2.75, 3.05) is 12.4 Å². The van der Waals surface area contributed by atoms with E-state index in [9.17, 15) is 14.4 Å². The van der Waals surface area contributed by atoms with Gasteiger partial charge in [-0.2, -0.15) is 5.10 Å². The van der Waals surface area contributed by atoms with Gasteiger partial charge in [-0.15, -0.1) is 0 Å². The van der Waals surface area contributed by atoms with E-state index in [-0.39, 0.29) is 30.0 Å². The van der Waals surface area contributed by atoms with E-state index in [4.69, 9.17) is 0 Å². The van der Waals surface area contributed by atoms with Gasteiger partial charge in [-0.3, -0.25) is 14.2 Å². The quantitative estimate of drug-likeness (QED) is 0.661. The summed E-state index contributed by atoms with van der Waals surface area (Å²) in [4.78, 5) is 40.7. The SMILES string of the molecule is COC(=O)c1ccc(NC(=O)CCn2cnc3c(cnn3C(C)(C)C)c2=O)cc1. The van der Waals surface area contributed by atoms with Crippen LogP contribution in [-0.4, -0.2) is 38.3 Å². The van der Waals surface area contributed by atoms with Crippen molar-refractivity contribution in [3.8, 4) is 0 Å². The fraction of sp³-hybridized carbons (Fsp3) is 0.350. The standard InChI is InChI=1S/C20H23N5O4/c1-20(2,3)25-17-15(11-22-25)18(27)24(12-21-17)10-9-16(26)23-14-7-5-13(6-8-14)19(28)29-4/h5-8,11-12H,9-10H2,1-4H3,(H,23,26). The summed E-state index contributed by atoms with van der Waals surface area (Å²) in [6, 6.07) is 6.36. The van der Waals surface area contributed by atoms with E-state index in [0.717, 1.165) is 0 Å². The van der Waals surface area contributed by atoms with Crippen LogP contribution in [0.15, 0.2) is 41.6 Å². The summed E-state index contributed by atoms with van der Waals surface area (Å²) in [6.45, 7) is 6.13. The number of nitrogens with one attached hydrogen (secondary N) is 1. The van der Waals surface area contributed by atoms with Crippen molar-refractivity contribution in [3.63, 3.8) is 0 Å². The molecule has 9 nitrogen and oxygen atoms in total. The molecule has 0 saturated heterocycles. The Balaban J connectivity index is 1.67. The molecule has 0 aliphatic heterocycles. The Morgan fingerprint density at radius 3 is 2.48 bits per heavy atom. The van der Waals surface area contributed by atoms with Gasteiger partial charge in [0.25, 0.3) is 5.56 Å². The maximum absolute atomic E-state index is 12.7. The van der Waals surface area contributed by atoms with Crippen LogP contribution in [0.3, 0.4) is 0 Å². The maximum Gasteiger partial charge on any atom is 0.337 e. The van der Waals surface area contributed by atoms with Crippen LogP contribution in [-0.2, 0) is 21.6 Å². The molecule has 0 saturated carbocycles. The first kappa shape index (κ1) is 20.2. The molecule has 0 fully saturated rings. The first-order valence-electron chi connectivity index (χ1n) is 9.12. The van der Waals surface area contributed by atoms with Crippen LogP contribution < -0.4 is 10.9 Å². The van der Waals surface area contributed by atoms with Gasteiger partial charge in [0.2, 0.25) is 5.91 Å². The Labute approximate surface area is 167 Å². The molecule has 0 atom stereocenters. The van der Waals surface area contributed by atoms with Crippen molar-refractivity contribution >= 4 is 28.6 Å². The molecule has 0 aliphatic carbocycles. The molecular formula is C20H23N5O4. The van der Waals surface area contributed by atoms with Gasteiger partial charge in [0.15, 0.2) is 5.65 Å². The van der Waals surface area contributed by atoms with Gasteiger partial charge in [0, 0.05) is 18.7 Å². The van der Waals surface area contributed by atoms with E-state index in [1.54, 1.807) is 28.9 Å². The van der Waals surface area contributed by atoms with Gasteiger partial charge in [-0.1, -0.05) is 0 Å². The van der Waals surface area contributed by atoms with Crippen LogP contribution in [0.1, 0.15) is 37.6 Å². The molecule has 3 aromatic rings. The van der Waals surface area contributed by atoms with Crippen molar-refractivity contribution in [2.24, 2.45) is 0 Å². The summed E-state index contributed by atoms with van der Waals surface area (Å²) >= 11 is 0. The first-order valence-corrected chi connectivity index (χ1v) is 9.12. The Hall–Kier alpha value is -3.49. The third-order valence-corrected chi connectivity index (χ3v) is 4.36. The monoisotopic (exact) mass is 397 g/mol. The highest BCUT2D eigenvalue weighted by atomic mass is 16.5. The Bertz CT molecular complexity index is 1110. The second-order valence-corrected chi connectivity index (χ2v) is 7.57. The van der Waals surface area contributed by atoms with E-state index in [2.05, 4.69) is 20.1 Å². The zero-order valence-electron chi connectivity index (χ0n) is 16.8. The van der Waals surface area contributed by atoms with Crippen molar-refractivity contribution in [2.45, 2.75) is 39.3 Å². The molecule has 1 amide bonds. The summed E-state index contributed by atoms with van der Waals surface area (Å²) in [5.41, 5.74) is 0.938. The fourth-order valence-electron chi connectivity index (χ4n) is 2.85. The number of fused-ring (bicyclic) bond motifs is 1. The molecule has 29 heavy (non-hydrogen) atoms. The minimum atomic E-state index is -0.445. The number of benzene rings is 1. The number of ether oxygens (including phenoxy) is 1. The molecule has 3 rings (SSSR count). The zero-order chi connectivity index (χ0) is 21.2. The molecule has 152 valence electrons. The van der Waals surface area contributed by atoms with Crippen LogP contribution >= 0.6 is 0 Å². The Morgan fingerprint density at radius 1 is 1.17 bits per heavy atom. The lowest BCUT2D eigenvalue weighted by Gasteiger charge is -2.19. The number of amides is 1. The highest BCUT2D eigenvalue weighted by molar-refractivity contribution is 5.93. The summed E-state index contributed by atoms with van der Waals surface area (Å²) in [5.74, 6) is -0.701. The van der Waals surface area contributed by atoms with Crippen molar-refractivity contribution in [1.29, 1.82) is 0 Å². The van der Waals surface area contributed by atoms with Gasteiger partial charge in [-0.05, 0) is 45.0 Å². The highest BCUT2D eigenvalue weighted by Gasteiger charge is 2.19. The van der Waals surface area contributed by atoms with Crippen LogP contribution in [0.25, 0.3) is 11.0 Å². The number of aryl methyl sites for hydroxylation is 1. The first-order chi connectivity index (χ1) is 13.7. The Kier molecular flexibility index (Phi) is 5.49. The number of rotatable bonds is 5. The number of aromatic nitrogens is 4. The lowest BCUT2D eigenvalue weighted by molar-refractivity contribution is -0.116. The summed E-state index contributed by atoms with van der Waals surface area (Å²) in [7, 11) is 1.31. The van der Waals surface area contributed by atoms with E-state index in [1.807, 2.05) is 20.8 Å². The largest absolute Gasteiger partial charge is 0.465 e. The number of carbonyl (C=O) groups is 2. The number of nitrogens with zero attached hydrogens (tertiary/aromatic N) is 4. The molecule has 0 unspecified atom stereocenters. The second-order valence-electron chi connectivity index (χ2n) is 7.57. The van der Waals surface area contributed by atoms with Crippen LogP contribution in [0, 0.1) is 0 Å². The van der Waals surface area contributed by atoms with Gasteiger partial charge >= 0.3 is 5.97 Å². The molecule has 0 bridgehead atoms.